The molecule has 2 fully saturated rings. The molecule has 6 heterocycles. The zero-order valence-corrected chi connectivity index (χ0v) is 43.4. The van der Waals surface area contributed by atoms with Gasteiger partial charge in [0.2, 0.25) is 23.6 Å². The second-order valence-corrected chi connectivity index (χ2v) is 23.6. The van der Waals surface area contributed by atoms with Crippen LogP contribution in [0.5, 0.6) is 0 Å². The number of carbonyl (C=O) groups is 3. The molecule has 2 unspecified atom stereocenters. The van der Waals surface area contributed by atoms with Crippen molar-refractivity contribution in [2.24, 2.45) is 11.5 Å². The second-order valence-electron chi connectivity index (χ2n) is 18.7. The third kappa shape index (κ3) is 11.3. The molecule has 0 radical (unpaired) electrons. The average molecular weight is 1130 g/mol. The standard InChI is InChI=1S/C25H23ClF3N5O6S.C23H23ClFN5O4S/c1-39-24(36)33-10-14(8-25(28,29)12-33)21-31-32-22(40-21)16-6-19-20(7-17(16)27)41(37,38)11-18(30)23(35)34(19)9-13-2-4-15(26)5-3-13;1-29-7-6-14(11-29)21-27-28-22(34-21)16-8-19-20(9-17(16)25)35(32,33)12-18(26)23(31)30(19)10-13-2-4-15(24)5-3-13/h2-7,14,18H,8-12,30H2,1H3;2-5,8-9,14,18H,6-7,10-12,26H2,1H3/t2*14?,18-/m00/s1. The van der Waals surface area contributed by atoms with Crippen LogP contribution in [-0.4, -0.2) is 135 Å². The van der Waals surface area contributed by atoms with E-state index in [2.05, 4.69) is 30.0 Å². The van der Waals surface area contributed by atoms with E-state index in [1.54, 1.807) is 48.5 Å². The number of alkyl halides is 2. The van der Waals surface area contributed by atoms with Gasteiger partial charge in [0.1, 0.15) is 11.6 Å². The summed E-state index contributed by atoms with van der Waals surface area (Å²) in [6, 6.07) is 14.4. The van der Waals surface area contributed by atoms with Crippen LogP contribution < -0.4 is 21.3 Å². The van der Waals surface area contributed by atoms with Crippen LogP contribution in [0.15, 0.2) is 91.4 Å². The largest absolute Gasteiger partial charge is 0.453 e. The van der Waals surface area contributed by atoms with Crippen molar-refractivity contribution in [2.75, 3.05) is 61.6 Å². The summed E-state index contributed by atoms with van der Waals surface area (Å²) >= 11 is 11.9. The summed E-state index contributed by atoms with van der Waals surface area (Å²) in [6.45, 7) is 0.456. The minimum atomic E-state index is -4.20. The number of likely N-dealkylation sites (N-methyl/N-ethyl adjacent to an activating group) is 1. The van der Waals surface area contributed by atoms with Crippen LogP contribution in [0.1, 0.15) is 47.6 Å². The third-order valence-electron chi connectivity index (χ3n) is 13.1. The summed E-state index contributed by atoms with van der Waals surface area (Å²) in [6.07, 6.45) is -0.839. The molecule has 0 saturated carbocycles. The van der Waals surface area contributed by atoms with E-state index in [1.165, 1.54) is 11.0 Å². The minimum Gasteiger partial charge on any atom is -0.453 e. The summed E-state index contributed by atoms with van der Waals surface area (Å²) in [5.41, 5.74) is 12.5. The van der Waals surface area contributed by atoms with Gasteiger partial charge >= 0.3 is 6.09 Å². The average Bonchev–Trinajstić information content (AvgIpc) is 4.18. The number of amides is 3. The molecule has 10 rings (SSSR count). The van der Waals surface area contributed by atoms with Crippen molar-refractivity contribution in [3.63, 3.8) is 0 Å². The number of rotatable bonds is 8. The van der Waals surface area contributed by atoms with Gasteiger partial charge in [-0.15, -0.1) is 20.4 Å². The summed E-state index contributed by atoms with van der Waals surface area (Å²) in [5, 5.41) is 16.6. The molecule has 4 aromatic carbocycles. The third-order valence-corrected chi connectivity index (χ3v) is 17.2. The van der Waals surface area contributed by atoms with E-state index in [0.29, 0.717) is 27.1 Å². The molecule has 0 spiro atoms. The summed E-state index contributed by atoms with van der Waals surface area (Å²) in [4.78, 5) is 42.8. The second kappa shape index (κ2) is 21.1. The Morgan fingerprint density at radius 1 is 0.724 bits per heavy atom. The van der Waals surface area contributed by atoms with Gasteiger partial charge in [-0.3, -0.25) is 9.59 Å². The maximum absolute atomic E-state index is 15.4. The monoisotopic (exact) mass is 1130 g/mol. The number of sulfone groups is 2. The van der Waals surface area contributed by atoms with Crippen LogP contribution in [0.4, 0.5) is 33.7 Å². The minimum absolute atomic E-state index is 0.00893. The van der Waals surface area contributed by atoms with Crippen LogP contribution in [-0.2, 0) is 47.1 Å². The molecule has 0 bridgehead atoms. The molecule has 76 heavy (non-hydrogen) atoms. The van der Waals surface area contributed by atoms with E-state index in [4.69, 9.17) is 43.5 Å². The van der Waals surface area contributed by atoms with Crippen molar-refractivity contribution in [3.05, 3.63) is 117 Å². The Labute approximate surface area is 441 Å². The number of nitrogens with zero attached hydrogens (tertiary/aromatic N) is 8. The Morgan fingerprint density at radius 2 is 1.17 bits per heavy atom. The van der Waals surface area contributed by atoms with Gasteiger partial charge in [-0.05, 0) is 79.7 Å². The number of nitrogens with two attached hydrogens (primary N) is 2. The lowest BCUT2D eigenvalue weighted by Gasteiger charge is -2.35. The van der Waals surface area contributed by atoms with Gasteiger partial charge in [0, 0.05) is 29.6 Å². The van der Waals surface area contributed by atoms with Crippen molar-refractivity contribution in [3.8, 4) is 22.9 Å². The molecule has 0 aliphatic carbocycles. The highest BCUT2D eigenvalue weighted by molar-refractivity contribution is 7.92. The highest BCUT2D eigenvalue weighted by Gasteiger charge is 2.45. The zero-order chi connectivity index (χ0) is 54.6. The maximum atomic E-state index is 15.4. The number of methoxy groups -OCH3 is 1. The number of carbonyl (C=O) groups excluding carboxylic acids is 3. The number of fused-ring (bicyclic) bond motifs is 2. The number of hydrogen-bond acceptors (Lipinski definition) is 17. The number of ether oxygens (including phenoxy) is 1. The maximum Gasteiger partial charge on any atom is 0.409 e. The van der Waals surface area contributed by atoms with Crippen molar-refractivity contribution < 1.29 is 62.4 Å². The number of aromatic nitrogens is 4. The number of piperidine rings is 1. The first-order valence-corrected chi connectivity index (χ1v) is 27.3. The molecular formula is C48H46Cl2F4N10O10S2. The van der Waals surface area contributed by atoms with Gasteiger partial charge in [-0.2, -0.15) is 0 Å². The normalized spacial score (nSPS) is 22.0. The highest BCUT2D eigenvalue weighted by Crippen LogP contribution is 2.41. The first kappa shape index (κ1) is 54.2. The Hall–Kier alpha value is -6.55. The van der Waals surface area contributed by atoms with Gasteiger partial charge in [-0.1, -0.05) is 47.5 Å². The number of halogens is 6. The van der Waals surface area contributed by atoms with Crippen LogP contribution in [0, 0.1) is 11.6 Å². The summed E-state index contributed by atoms with van der Waals surface area (Å²) < 4.78 is 127. The topological polar surface area (TPSA) is 272 Å². The van der Waals surface area contributed by atoms with E-state index in [9.17, 15) is 40.0 Å². The fraction of sp³-hybridized carbons (Fsp3) is 0.354. The number of hydrogen-bond donors (Lipinski definition) is 2. The Balaban J connectivity index is 0.000000188. The first-order chi connectivity index (χ1) is 35.9. The molecule has 4 atom stereocenters. The Bertz CT molecular complexity index is 3470. The molecule has 2 aromatic heterocycles. The number of likely N-dealkylation sites (tertiary alicyclic amines) is 2. The van der Waals surface area contributed by atoms with Crippen molar-refractivity contribution in [1.29, 1.82) is 0 Å². The first-order valence-electron chi connectivity index (χ1n) is 23.2. The molecule has 28 heteroatoms. The molecule has 4 N–H and O–H groups in total. The summed E-state index contributed by atoms with van der Waals surface area (Å²) in [5.74, 6) is -9.37. The molecule has 3 amide bonds. The van der Waals surface area contributed by atoms with Crippen molar-refractivity contribution >= 4 is 72.2 Å². The van der Waals surface area contributed by atoms with E-state index >= 15 is 8.78 Å². The predicted molar refractivity (Wildman–Crippen MR) is 266 cm³/mol. The predicted octanol–water partition coefficient (Wildman–Crippen LogP) is 5.96. The number of benzene rings is 4. The van der Waals surface area contributed by atoms with Crippen LogP contribution in [0.25, 0.3) is 22.9 Å². The van der Waals surface area contributed by atoms with E-state index in [-0.39, 0.29) is 64.7 Å². The van der Waals surface area contributed by atoms with Gasteiger partial charge < -0.3 is 44.6 Å². The van der Waals surface area contributed by atoms with Gasteiger partial charge in [0.15, 0.2) is 19.7 Å². The van der Waals surface area contributed by atoms with Crippen molar-refractivity contribution in [1.82, 2.24) is 30.2 Å². The highest BCUT2D eigenvalue weighted by atomic mass is 35.5. The molecule has 402 valence electrons. The van der Waals surface area contributed by atoms with Gasteiger partial charge in [0.05, 0.1) is 94.5 Å². The summed E-state index contributed by atoms with van der Waals surface area (Å²) in [7, 11) is -5.21. The molecule has 4 aliphatic rings. The molecule has 20 nitrogen and oxygen atoms in total. The lowest BCUT2D eigenvalue weighted by Crippen LogP contribution is -2.48. The van der Waals surface area contributed by atoms with E-state index in [1.807, 2.05) is 7.05 Å². The lowest BCUT2D eigenvalue weighted by atomic mass is 9.95. The molecule has 4 aliphatic heterocycles. The SMILES string of the molecule is CN1CCC(c2nnc(-c3cc4c(cc3F)S(=O)(=O)C[C@H](N)C(=O)N4Cc3ccc(Cl)cc3)o2)C1.COC(=O)N1CC(c2nnc(-c3cc4c(cc3F)S(=O)(=O)C[C@H](N)C(=O)N4Cc3ccc(Cl)cc3)o2)CC(F)(F)C1. The van der Waals surface area contributed by atoms with Crippen LogP contribution >= 0.6 is 23.2 Å². The van der Waals surface area contributed by atoms with Crippen molar-refractivity contribution in [2.45, 2.75) is 65.6 Å². The van der Waals surface area contributed by atoms with Crippen LogP contribution in [0.3, 0.4) is 0 Å². The van der Waals surface area contributed by atoms with Gasteiger partial charge in [-0.25, -0.2) is 39.2 Å². The number of anilines is 2. The zero-order valence-electron chi connectivity index (χ0n) is 40.2. The van der Waals surface area contributed by atoms with E-state index in [0.717, 1.165) is 54.6 Å². The Kier molecular flexibility index (Phi) is 15.1. The molecular weight excluding hydrogens is 1090 g/mol. The van der Waals surface area contributed by atoms with Gasteiger partial charge in [0.25, 0.3) is 17.7 Å². The quantitative estimate of drug-likeness (QED) is 0.166. The fourth-order valence-electron chi connectivity index (χ4n) is 9.33. The Morgan fingerprint density at radius 3 is 1.59 bits per heavy atom. The smallest absolute Gasteiger partial charge is 0.409 e. The lowest BCUT2D eigenvalue weighted by molar-refractivity contribution is -0.120. The van der Waals surface area contributed by atoms with Crippen LogP contribution in [0.2, 0.25) is 10.0 Å². The molecule has 2 saturated heterocycles. The molecule has 6 aromatic rings. The fourth-order valence-corrected chi connectivity index (χ4v) is 12.7. The van der Waals surface area contributed by atoms with E-state index < -0.39 is 108 Å².